The van der Waals surface area contributed by atoms with Gasteiger partial charge in [0.25, 0.3) is 0 Å². The summed E-state index contributed by atoms with van der Waals surface area (Å²) in [5, 5.41) is 2.71. The maximum atomic E-state index is 12.1. The molecule has 20 heavy (non-hydrogen) atoms. The fourth-order valence-corrected chi connectivity index (χ4v) is 6.01. The number of nitrogens with one attached hydrogen (secondary N) is 1. The third-order valence-electron chi connectivity index (χ3n) is 1.83. The van der Waals surface area contributed by atoms with Gasteiger partial charge in [0.15, 0.2) is 0 Å². The fraction of sp³-hybridized carbons (Fsp3) is 1.00. The highest BCUT2D eigenvalue weighted by atomic mass is 32.7. The Bertz CT molecular complexity index is 292. The van der Waals surface area contributed by atoms with Crippen LogP contribution in [-0.2, 0) is 27.2 Å². The van der Waals surface area contributed by atoms with E-state index in [0.29, 0.717) is 25.5 Å². The van der Waals surface area contributed by atoms with Gasteiger partial charge in [-0.25, -0.2) is 14.2 Å². The summed E-state index contributed by atoms with van der Waals surface area (Å²) >= 11 is 1.07. The molecular formula is C10H25NO6P2S. The minimum Gasteiger partial charge on any atom is -0.301 e. The fourth-order valence-electron chi connectivity index (χ4n) is 1.24. The predicted molar refractivity (Wildman–Crippen MR) is 82.2 cm³/mol. The van der Waals surface area contributed by atoms with Crippen LogP contribution in [0, 0.1) is 0 Å². The lowest BCUT2D eigenvalue weighted by Crippen LogP contribution is -2.18. The summed E-state index contributed by atoms with van der Waals surface area (Å²) in [5.41, 5.74) is 0. The normalized spacial score (nSPS) is 12.8. The van der Waals surface area contributed by atoms with Gasteiger partial charge in [0.1, 0.15) is 0 Å². The van der Waals surface area contributed by atoms with Crippen molar-refractivity contribution in [3.63, 3.8) is 0 Å². The SMILES string of the molecule is CCOP(=O)(NCCSP(=O)(OCC)OCC)OCC. The molecule has 0 aromatic rings. The molecule has 0 saturated carbocycles. The van der Waals surface area contributed by atoms with Crippen LogP contribution in [0.2, 0.25) is 0 Å². The zero-order valence-electron chi connectivity index (χ0n) is 12.5. The summed E-state index contributed by atoms with van der Waals surface area (Å²) in [6.07, 6.45) is 0. The highest BCUT2D eigenvalue weighted by Crippen LogP contribution is 2.60. The van der Waals surface area contributed by atoms with Crippen molar-refractivity contribution < 1.29 is 27.2 Å². The summed E-state index contributed by atoms with van der Waals surface area (Å²) in [6, 6.07) is 0. The van der Waals surface area contributed by atoms with Crippen molar-refractivity contribution >= 4 is 25.9 Å². The second-order valence-electron chi connectivity index (χ2n) is 3.36. The Kier molecular flexibility index (Phi) is 11.6. The molecule has 0 aliphatic rings. The molecule has 1 N–H and O–H groups in total. The van der Waals surface area contributed by atoms with E-state index in [4.69, 9.17) is 18.1 Å². The molecule has 0 rings (SSSR count). The minimum absolute atomic E-state index is 0.286. The van der Waals surface area contributed by atoms with E-state index in [1.165, 1.54) is 0 Å². The highest BCUT2D eigenvalue weighted by molar-refractivity contribution is 8.55. The van der Waals surface area contributed by atoms with E-state index in [2.05, 4.69) is 5.09 Å². The van der Waals surface area contributed by atoms with Gasteiger partial charge in [0, 0.05) is 12.3 Å². The van der Waals surface area contributed by atoms with Crippen LogP contribution >= 0.6 is 25.9 Å². The van der Waals surface area contributed by atoms with Crippen molar-refractivity contribution in [2.75, 3.05) is 38.7 Å². The minimum atomic E-state index is -3.27. The van der Waals surface area contributed by atoms with Gasteiger partial charge in [-0.3, -0.25) is 9.05 Å². The summed E-state index contributed by atoms with van der Waals surface area (Å²) in [7, 11) is -3.27. The molecule has 0 fully saturated rings. The van der Waals surface area contributed by atoms with Crippen LogP contribution in [0.5, 0.6) is 0 Å². The number of hydrogen-bond donors (Lipinski definition) is 1. The van der Waals surface area contributed by atoms with E-state index in [-0.39, 0.29) is 13.2 Å². The Morgan fingerprint density at radius 1 is 0.850 bits per heavy atom. The largest absolute Gasteiger partial charge is 0.405 e. The molecule has 0 amide bonds. The van der Waals surface area contributed by atoms with Gasteiger partial charge >= 0.3 is 14.5 Å². The van der Waals surface area contributed by atoms with E-state index < -0.39 is 14.5 Å². The van der Waals surface area contributed by atoms with Crippen molar-refractivity contribution in [1.82, 2.24) is 5.09 Å². The van der Waals surface area contributed by atoms with E-state index in [0.717, 1.165) is 11.4 Å². The summed E-state index contributed by atoms with van der Waals surface area (Å²) < 4.78 is 44.7. The number of hydrogen-bond acceptors (Lipinski definition) is 7. The van der Waals surface area contributed by atoms with Gasteiger partial charge in [-0.05, 0) is 39.1 Å². The van der Waals surface area contributed by atoms with Crippen LogP contribution in [0.15, 0.2) is 0 Å². The first kappa shape index (κ1) is 20.6. The Labute approximate surface area is 125 Å². The second kappa shape index (κ2) is 11.2. The molecule has 0 aliphatic heterocycles. The lowest BCUT2D eigenvalue weighted by molar-refractivity contribution is 0.211. The molecule has 0 atom stereocenters. The smallest absolute Gasteiger partial charge is 0.301 e. The van der Waals surface area contributed by atoms with Crippen molar-refractivity contribution in [3.8, 4) is 0 Å². The molecule has 0 aliphatic carbocycles. The standard InChI is InChI=1S/C10H25NO6P2S/c1-5-14-18(12,15-6-2)11-9-10-20-19(13,16-7-3)17-8-4/h5-10H2,1-4H3,(H,11,12). The lowest BCUT2D eigenvalue weighted by atomic mass is 10.8. The molecule has 0 aromatic heterocycles. The summed E-state index contributed by atoms with van der Waals surface area (Å²) in [5.74, 6) is 0.404. The molecule has 0 saturated heterocycles. The zero-order valence-corrected chi connectivity index (χ0v) is 15.1. The van der Waals surface area contributed by atoms with Gasteiger partial charge in [0.2, 0.25) is 0 Å². The van der Waals surface area contributed by atoms with E-state index >= 15 is 0 Å². The summed E-state index contributed by atoms with van der Waals surface area (Å²) in [4.78, 5) is 0. The molecule has 0 heterocycles. The Morgan fingerprint density at radius 3 is 1.70 bits per heavy atom. The van der Waals surface area contributed by atoms with Gasteiger partial charge < -0.3 is 9.05 Å². The van der Waals surface area contributed by atoms with E-state index in [1.54, 1.807) is 27.7 Å². The summed E-state index contributed by atoms with van der Waals surface area (Å²) in [6.45, 7) is 5.36. The first-order chi connectivity index (χ1) is 9.45. The van der Waals surface area contributed by atoms with Crippen molar-refractivity contribution in [2.45, 2.75) is 27.7 Å². The zero-order chi connectivity index (χ0) is 15.5. The van der Waals surface area contributed by atoms with Gasteiger partial charge in [-0.15, -0.1) is 0 Å². The van der Waals surface area contributed by atoms with Gasteiger partial charge in [0.05, 0.1) is 26.4 Å². The molecule has 122 valence electrons. The lowest BCUT2D eigenvalue weighted by Gasteiger charge is -2.19. The molecular weight excluding hydrogens is 324 g/mol. The first-order valence-electron chi connectivity index (χ1n) is 6.63. The quantitative estimate of drug-likeness (QED) is 0.398. The van der Waals surface area contributed by atoms with Crippen LogP contribution < -0.4 is 5.09 Å². The van der Waals surface area contributed by atoms with Crippen LogP contribution in [-0.4, -0.2) is 38.7 Å². The maximum absolute atomic E-state index is 12.1. The molecule has 10 heteroatoms. The van der Waals surface area contributed by atoms with Crippen molar-refractivity contribution in [1.29, 1.82) is 0 Å². The van der Waals surface area contributed by atoms with Crippen molar-refractivity contribution in [3.05, 3.63) is 0 Å². The average Bonchev–Trinajstić information content (AvgIpc) is 2.36. The van der Waals surface area contributed by atoms with E-state index in [9.17, 15) is 9.13 Å². The van der Waals surface area contributed by atoms with Crippen LogP contribution in [0.4, 0.5) is 0 Å². The third kappa shape index (κ3) is 8.80. The Balaban J connectivity index is 4.20. The highest BCUT2D eigenvalue weighted by Gasteiger charge is 2.26. The van der Waals surface area contributed by atoms with Gasteiger partial charge in [-0.1, -0.05) is 0 Å². The average molecular weight is 349 g/mol. The molecule has 0 radical (unpaired) electrons. The molecule has 0 bridgehead atoms. The third-order valence-corrected chi connectivity index (χ3v) is 7.62. The Hall–Kier alpha value is 0.610. The number of rotatable bonds is 13. The maximum Gasteiger partial charge on any atom is 0.405 e. The monoisotopic (exact) mass is 349 g/mol. The topological polar surface area (TPSA) is 83.1 Å². The first-order valence-corrected chi connectivity index (χ1v) is 11.3. The van der Waals surface area contributed by atoms with Gasteiger partial charge in [-0.2, -0.15) is 0 Å². The molecule has 0 aromatic carbocycles. The Morgan fingerprint density at radius 2 is 1.30 bits per heavy atom. The molecule has 0 unspecified atom stereocenters. The van der Waals surface area contributed by atoms with Crippen LogP contribution in [0.3, 0.4) is 0 Å². The van der Waals surface area contributed by atoms with Crippen LogP contribution in [0.1, 0.15) is 27.7 Å². The second-order valence-corrected chi connectivity index (χ2v) is 9.38. The van der Waals surface area contributed by atoms with E-state index in [1.807, 2.05) is 0 Å². The molecule has 7 nitrogen and oxygen atoms in total. The predicted octanol–water partition coefficient (Wildman–Crippen LogP) is 3.67. The molecule has 0 spiro atoms. The van der Waals surface area contributed by atoms with Crippen molar-refractivity contribution in [2.24, 2.45) is 0 Å². The van der Waals surface area contributed by atoms with Crippen LogP contribution in [0.25, 0.3) is 0 Å².